The van der Waals surface area contributed by atoms with Gasteiger partial charge in [0.25, 0.3) is 5.91 Å². The van der Waals surface area contributed by atoms with Crippen LogP contribution >= 0.6 is 15.9 Å². The first-order valence-electron chi connectivity index (χ1n) is 10.5. The maximum Gasteiger partial charge on any atom is 0.274 e. The summed E-state index contributed by atoms with van der Waals surface area (Å²) in [4.78, 5) is 14.7. The minimum absolute atomic E-state index is 0.172. The largest absolute Gasteiger partial charge is 0.471 e. The zero-order chi connectivity index (χ0) is 23.6. The number of nitrogens with zero attached hydrogens (tertiary/aromatic N) is 6. The lowest BCUT2D eigenvalue weighted by molar-refractivity contribution is 0.0690. The average molecular weight is 537 g/mol. The zero-order valence-corrected chi connectivity index (χ0v) is 20.8. The number of aryl methyl sites for hydroxylation is 2. The van der Waals surface area contributed by atoms with E-state index in [9.17, 15) is 13.2 Å². The molecule has 0 radical (unpaired) electrons. The number of carbonyl (C=O) groups excluding carboxylic acids is 1. The van der Waals surface area contributed by atoms with E-state index in [0.29, 0.717) is 36.8 Å². The van der Waals surface area contributed by atoms with Gasteiger partial charge < -0.3 is 9.64 Å². The monoisotopic (exact) mass is 536 g/mol. The Labute approximate surface area is 200 Å². The van der Waals surface area contributed by atoms with Gasteiger partial charge in [0, 0.05) is 49.6 Å². The number of ether oxygens (including phenoxy) is 1. The molecule has 0 bridgehead atoms. The summed E-state index contributed by atoms with van der Waals surface area (Å²) in [5.74, 6) is 0.461. The molecule has 1 aliphatic rings. The van der Waals surface area contributed by atoms with Gasteiger partial charge in [-0.2, -0.15) is 14.5 Å². The SMILES string of the molecule is CCn1cc(S(=O)(=O)N2CCN(C(=O)c3ccn(COc4ccc(Br)cc4)n3)CC2)c(C)n1. The van der Waals surface area contributed by atoms with Gasteiger partial charge in [-0.3, -0.25) is 9.48 Å². The standard InChI is InChI=1S/C21H25BrN6O4S/c1-3-26-14-20(16(2)23-26)33(30,31)28-12-10-25(11-13-28)21(29)19-8-9-27(24-19)15-32-18-6-4-17(22)5-7-18/h4-9,14H,3,10-13,15H2,1-2H3. The highest BCUT2D eigenvalue weighted by molar-refractivity contribution is 9.10. The quantitative estimate of drug-likeness (QED) is 0.459. The van der Waals surface area contributed by atoms with Crippen molar-refractivity contribution in [1.82, 2.24) is 28.8 Å². The van der Waals surface area contributed by atoms with Crippen molar-refractivity contribution in [2.75, 3.05) is 26.2 Å². The van der Waals surface area contributed by atoms with Gasteiger partial charge in [0.2, 0.25) is 10.0 Å². The molecule has 1 fully saturated rings. The summed E-state index contributed by atoms with van der Waals surface area (Å²) >= 11 is 3.38. The van der Waals surface area contributed by atoms with Crippen LogP contribution in [0.15, 0.2) is 52.1 Å². The smallest absolute Gasteiger partial charge is 0.274 e. The Bertz CT molecular complexity index is 1230. The first-order chi connectivity index (χ1) is 15.8. The van der Waals surface area contributed by atoms with Gasteiger partial charge >= 0.3 is 0 Å². The zero-order valence-electron chi connectivity index (χ0n) is 18.4. The molecule has 1 aliphatic heterocycles. The highest BCUT2D eigenvalue weighted by Gasteiger charge is 2.33. The van der Waals surface area contributed by atoms with Crippen molar-refractivity contribution in [3.05, 3.63) is 58.6 Å². The molecule has 0 unspecified atom stereocenters. The second-order valence-corrected chi connectivity index (χ2v) is 10.4. The van der Waals surface area contributed by atoms with Gasteiger partial charge in [0.05, 0.1) is 5.69 Å². The molecular weight excluding hydrogens is 512 g/mol. The van der Waals surface area contributed by atoms with Crippen LogP contribution in [-0.4, -0.2) is 69.3 Å². The molecule has 10 nitrogen and oxygen atoms in total. The number of benzene rings is 1. The van der Waals surface area contributed by atoms with Crippen molar-refractivity contribution in [3.8, 4) is 5.75 Å². The van der Waals surface area contributed by atoms with E-state index >= 15 is 0 Å². The number of halogens is 1. The Morgan fingerprint density at radius 3 is 2.39 bits per heavy atom. The number of rotatable bonds is 7. The van der Waals surface area contributed by atoms with E-state index in [0.717, 1.165) is 4.47 Å². The third-order valence-electron chi connectivity index (χ3n) is 5.41. The Morgan fingerprint density at radius 2 is 1.76 bits per heavy atom. The molecule has 0 spiro atoms. The number of aromatic nitrogens is 4. The van der Waals surface area contributed by atoms with Gasteiger partial charge in [-0.05, 0) is 44.2 Å². The van der Waals surface area contributed by atoms with Crippen molar-refractivity contribution in [2.24, 2.45) is 0 Å². The molecule has 1 amide bonds. The van der Waals surface area contributed by atoms with Gasteiger partial charge in [-0.1, -0.05) is 15.9 Å². The molecule has 0 atom stereocenters. The van der Waals surface area contributed by atoms with Crippen LogP contribution in [0, 0.1) is 6.92 Å². The molecule has 2 aromatic heterocycles. The van der Waals surface area contributed by atoms with Crippen molar-refractivity contribution < 1.29 is 17.9 Å². The molecule has 1 aromatic carbocycles. The highest BCUT2D eigenvalue weighted by atomic mass is 79.9. The normalized spacial score (nSPS) is 15.1. The summed E-state index contributed by atoms with van der Waals surface area (Å²) in [7, 11) is -3.66. The fraction of sp³-hybridized carbons (Fsp3) is 0.381. The van der Waals surface area contributed by atoms with Crippen molar-refractivity contribution >= 4 is 31.9 Å². The van der Waals surface area contributed by atoms with Crippen LogP contribution in [0.2, 0.25) is 0 Å². The molecule has 1 saturated heterocycles. The van der Waals surface area contributed by atoms with Crippen LogP contribution in [0.1, 0.15) is 23.1 Å². The molecule has 3 aromatic rings. The molecule has 0 N–H and O–H groups in total. The van der Waals surface area contributed by atoms with E-state index < -0.39 is 10.0 Å². The summed E-state index contributed by atoms with van der Waals surface area (Å²) in [5, 5.41) is 8.54. The summed E-state index contributed by atoms with van der Waals surface area (Å²) in [6.45, 7) is 5.39. The lowest BCUT2D eigenvalue weighted by Crippen LogP contribution is -2.50. The maximum atomic E-state index is 13.0. The van der Waals surface area contributed by atoms with Crippen LogP contribution in [-0.2, 0) is 23.3 Å². The molecule has 33 heavy (non-hydrogen) atoms. The lowest BCUT2D eigenvalue weighted by Gasteiger charge is -2.33. The van der Waals surface area contributed by atoms with Gasteiger partial charge in [-0.15, -0.1) is 0 Å². The van der Waals surface area contributed by atoms with Crippen LogP contribution < -0.4 is 4.74 Å². The molecule has 3 heterocycles. The van der Waals surface area contributed by atoms with Gasteiger partial charge in [0.1, 0.15) is 10.6 Å². The summed E-state index contributed by atoms with van der Waals surface area (Å²) in [6, 6.07) is 9.07. The number of sulfonamides is 1. The van der Waals surface area contributed by atoms with Crippen LogP contribution in [0.3, 0.4) is 0 Å². The minimum atomic E-state index is -3.66. The maximum absolute atomic E-state index is 13.0. The minimum Gasteiger partial charge on any atom is -0.471 e. The number of amides is 1. The first-order valence-corrected chi connectivity index (χ1v) is 12.8. The second-order valence-electron chi connectivity index (χ2n) is 7.60. The third-order valence-corrected chi connectivity index (χ3v) is 7.94. The Hall–Kier alpha value is -2.70. The van der Waals surface area contributed by atoms with E-state index in [1.807, 2.05) is 31.2 Å². The predicted octanol–water partition coefficient (Wildman–Crippen LogP) is 2.35. The van der Waals surface area contributed by atoms with Crippen LogP contribution in [0.4, 0.5) is 0 Å². The topological polar surface area (TPSA) is 103 Å². The summed E-state index contributed by atoms with van der Waals surface area (Å²) < 4.78 is 37.3. The first kappa shape index (κ1) is 23.5. The van der Waals surface area contributed by atoms with Crippen LogP contribution in [0.5, 0.6) is 5.75 Å². The Balaban J connectivity index is 1.34. The van der Waals surface area contributed by atoms with Gasteiger partial charge in [-0.25, -0.2) is 13.1 Å². The predicted molar refractivity (Wildman–Crippen MR) is 124 cm³/mol. The average Bonchev–Trinajstić information content (AvgIpc) is 3.45. The summed E-state index contributed by atoms with van der Waals surface area (Å²) in [6.07, 6.45) is 3.24. The van der Waals surface area contributed by atoms with E-state index in [4.69, 9.17) is 4.74 Å². The number of hydrogen-bond acceptors (Lipinski definition) is 6. The molecule has 12 heteroatoms. The summed E-state index contributed by atoms with van der Waals surface area (Å²) in [5.41, 5.74) is 0.775. The van der Waals surface area contributed by atoms with Crippen molar-refractivity contribution in [2.45, 2.75) is 32.0 Å². The number of carbonyl (C=O) groups is 1. The van der Waals surface area contributed by atoms with Crippen molar-refractivity contribution in [3.63, 3.8) is 0 Å². The lowest BCUT2D eigenvalue weighted by atomic mass is 10.3. The number of piperazine rings is 1. The fourth-order valence-corrected chi connectivity index (χ4v) is 5.42. The third kappa shape index (κ3) is 5.12. The van der Waals surface area contributed by atoms with Gasteiger partial charge in [0.15, 0.2) is 12.4 Å². The Morgan fingerprint density at radius 1 is 1.06 bits per heavy atom. The Kier molecular flexibility index (Phi) is 6.86. The van der Waals surface area contributed by atoms with E-state index in [1.165, 1.54) is 4.31 Å². The molecular formula is C21H25BrN6O4S. The second kappa shape index (κ2) is 9.65. The van der Waals surface area contributed by atoms with Crippen molar-refractivity contribution in [1.29, 1.82) is 0 Å². The fourth-order valence-electron chi connectivity index (χ4n) is 3.57. The van der Waals surface area contributed by atoms with E-state index in [-0.39, 0.29) is 30.6 Å². The highest BCUT2D eigenvalue weighted by Crippen LogP contribution is 2.21. The number of hydrogen-bond donors (Lipinski definition) is 0. The van der Waals surface area contributed by atoms with Crippen LogP contribution in [0.25, 0.3) is 0 Å². The molecule has 176 valence electrons. The molecule has 0 saturated carbocycles. The van der Waals surface area contributed by atoms with E-state index in [2.05, 4.69) is 26.1 Å². The molecule has 4 rings (SSSR count). The van der Waals surface area contributed by atoms with E-state index in [1.54, 1.807) is 39.6 Å². The molecule has 0 aliphatic carbocycles.